The molecule has 0 aromatic heterocycles. The van der Waals surface area contributed by atoms with Crippen LogP contribution in [-0.4, -0.2) is 20.5 Å². The van der Waals surface area contributed by atoms with E-state index >= 15 is 0 Å². The summed E-state index contributed by atoms with van der Waals surface area (Å²) in [6, 6.07) is 0. The van der Waals surface area contributed by atoms with Crippen molar-refractivity contribution in [2.24, 2.45) is 0 Å². The zero-order chi connectivity index (χ0) is 10.6. The number of hydrogen-bond donors (Lipinski definition) is 0. The molecule has 0 heterocycles. The first-order chi connectivity index (χ1) is 6.72. The van der Waals surface area contributed by atoms with Crippen molar-refractivity contribution >= 4 is 6.29 Å². The molecule has 0 bridgehead atoms. The van der Waals surface area contributed by atoms with E-state index in [1.54, 1.807) is 0 Å². The smallest absolute Gasteiger partial charge is 0.157 e. The van der Waals surface area contributed by atoms with Gasteiger partial charge in [-0.3, -0.25) is 4.79 Å². The fraction of sp³-hybridized carbons (Fsp3) is 0.300. The molecular weight excluding hydrogens is 187 g/mol. The molecule has 0 aliphatic heterocycles. The van der Waals surface area contributed by atoms with Crippen molar-refractivity contribution in [2.45, 2.75) is 6.42 Å². The number of hydrogen-bond acceptors (Lipinski definition) is 3. The van der Waals surface area contributed by atoms with Crippen LogP contribution < -0.4 is 0 Å². The van der Waals surface area contributed by atoms with Gasteiger partial charge in [0.05, 0.1) is 19.8 Å². The third kappa shape index (κ3) is 2.02. The maximum atomic E-state index is 13.2. The minimum Gasteiger partial charge on any atom is -0.497 e. The van der Waals surface area contributed by atoms with Crippen LogP contribution in [0.3, 0.4) is 0 Å². The molecule has 0 aromatic rings. The lowest BCUT2D eigenvalue weighted by Crippen LogP contribution is -1.94. The molecule has 4 heteroatoms. The summed E-state index contributed by atoms with van der Waals surface area (Å²) in [6.45, 7) is 0. The Morgan fingerprint density at radius 2 is 2.14 bits per heavy atom. The molecule has 0 amide bonds. The number of rotatable bonds is 3. The van der Waals surface area contributed by atoms with E-state index in [0.717, 1.165) is 0 Å². The van der Waals surface area contributed by atoms with E-state index in [-0.39, 0.29) is 12.0 Å². The molecule has 76 valence electrons. The molecular formula is C10H11FO3. The number of allylic oxidation sites excluding steroid dienone is 4. The van der Waals surface area contributed by atoms with Gasteiger partial charge in [-0.05, 0) is 12.2 Å². The highest BCUT2D eigenvalue weighted by Gasteiger charge is 2.13. The number of carbonyl (C=O) groups excluding carboxylic acids is 1. The molecule has 0 saturated carbocycles. The maximum Gasteiger partial charge on any atom is 0.157 e. The normalized spacial score (nSPS) is 16.8. The Hall–Kier alpha value is -1.58. The Balaban J connectivity index is 3.13. The largest absolute Gasteiger partial charge is 0.497 e. The van der Waals surface area contributed by atoms with Gasteiger partial charge in [0.2, 0.25) is 0 Å². The fourth-order valence-electron chi connectivity index (χ4n) is 1.14. The van der Waals surface area contributed by atoms with Crippen LogP contribution >= 0.6 is 0 Å². The second-order valence-corrected chi connectivity index (χ2v) is 2.67. The van der Waals surface area contributed by atoms with E-state index in [1.165, 1.54) is 26.4 Å². The monoisotopic (exact) mass is 198 g/mol. The summed E-state index contributed by atoms with van der Waals surface area (Å²) in [5, 5.41) is 0. The van der Waals surface area contributed by atoms with E-state index in [9.17, 15) is 9.18 Å². The molecule has 0 aromatic carbocycles. The molecule has 14 heavy (non-hydrogen) atoms. The van der Waals surface area contributed by atoms with Crippen LogP contribution in [0.2, 0.25) is 0 Å². The SMILES string of the molecule is COC1=C(OC)CC=C(F)C(C=O)=C1. The number of ether oxygens (including phenoxy) is 2. The van der Waals surface area contributed by atoms with Crippen molar-refractivity contribution < 1.29 is 18.7 Å². The number of halogens is 1. The van der Waals surface area contributed by atoms with Crippen molar-refractivity contribution in [3.8, 4) is 0 Å². The predicted molar refractivity (Wildman–Crippen MR) is 49.0 cm³/mol. The minimum atomic E-state index is -0.554. The first-order valence-electron chi connectivity index (χ1n) is 4.07. The van der Waals surface area contributed by atoms with Gasteiger partial charge >= 0.3 is 0 Å². The number of methoxy groups -OCH3 is 2. The molecule has 1 aliphatic carbocycles. The van der Waals surface area contributed by atoms with Gasteiger partial charge in [0.25, 0.3) is 0 Å². The molecule has 3 nitrogen and oxygen atoms in total. The zero-order valence-corrected chi connectivity index (χ0v) is 8.04. The first kappa shape index (κ1) is 10.5. The lowest BCUT2D eigenvalue weighted by Gasteiger charge is -2.06. The summed E-state index contributed by atoms with van der Waals surface area (Å²) in [6.07, 6.45) is 3.33. The van der Waals surface area contributed by atoms with Crippen LogP contribution in [0.15, 0.2) is 35.1 Å². The van der Waals surface area contributed by atoms with Crippen molar-refractivity contribution in [1.29, 1.82) is 0 Å². The Labute approximate surface area is 81.5 Å². The molecule has 0 N–H and O–H groups in total. The van der Waals surface area contributed by atoms with Crippen LogP contribution in [0.4, 0.5) is 4.39 Å². The summed E-state index contributed by atoms with van der Waals surface area (Å²) in [5.41, 5.74) is -0.0334. The number of carbonyl (C=O) groups is 1. The third-order valence-corrected chi connectivity index (χ3v) is 1.90. The summed E-state index contributed by atoms with van der Waals surface area (Å²) < 4.78 is 23.1. The molecule has 1 rings (SSSR count). The van der Waals surface area contributed by atoms with E-state index in [1.807, 2.05) is 0 Å². The highest BCUT2D eigenvalue weighted by Crippen LogP contribution is 2.23. The second-order valence-electron chi connectivity index (χ2n) is 2.67. The molecule has 0 radical (unpaired) electrons. The van der Waals surface area contributed by atoms with Gasteiger partial charge in [-0.25, -0.2) is 4.39 Å². The molecule has 0 unspecified atom stereocenters. The van der Waals surface area contributed by atoms with E-state index in [2.05, 4.69) is 0 Å². The fourth-order valence-corrected chi connectivity index (χ4v) is 1.14. The van der Waals surface area contributed by atoms with Crippen molar-refractivity contribution in [3.63, 3.8) is 0 Å². The summed E-state index contributed by atoms with van der Waals surface area (Å²) in [5.74, 6) is 0.319. The van der Waals surface area contributed by atoms with Crippen molar-refractivity contribution in [2.75, 3.05) is 14.2 Å². The van der Waals surface area contributed by atoms with Gasteiger partial charge < -0.3 is 9.47 Å². The van der Waals surface area contributed by atoms with Crippen LogP contribution in [0.25, 0.3) is 0 Å². The summed E-state index contributed by atoms with van der Waals surface area (Å²) in [4.78, 5) is 10.5. The average molecular weight is 198 g/mol. The van der Waals surface area contributed by atoms with Gasteiger partial charge in [0.1, 0.15) is 11.6 Å². The summed E-state index contributed by atoms with van der Waals surface area (Å²) >= 11 is 0. The van der Waals surface area contributed by atoms with E-state index in [4.69, 9.17) is 9.47 Å². The molecule has 0 saturated heterocycles. The van der Waals surface area contributed by atoms with Crippen molar-refractivity contribution in [3.05, 3.63) is 35.1 Å². The Bertz CT molecular complexity index is 326. The van der Waals surface area contributed by atoms with Gasteiger partial charge in [-0.2, -0.15) is 0 Å². The predicted octanol–water partition coefficient (Wildman–Crippen LogP) is 1.87. The molecule has 1 aliphatic rings. The second kappa shape index (κ2) is 4.60. The highest BCUT2D eigenvalue weighted by atomic mass is 19.1. The lowest BCUT2D eigenvalue weighted by atomic mass is 10.2. The Kier molecular flexibility index (Phi) is 3.45. The van der Waals surface area contributed by atoms with Crippen LogP contribution in [0.1, 0.15) is 6.42 Å². The maximum absolute atomic E-state index is 13.2. The molecule has 0 fully saturated rings. The standard InChI is InChI=1S/C10H11FO3/c1-13-9-4-3-8(11)7(6-12)5-10(9)14-2/h3,5-6H,4H2,1-2H3. The number of aldehydes is 1. The third-order valence-electron chi connectivity index (χ3n) is 1.90. The highest BCUT2D eigenvalue weighted by molar-refractivity contribution is 5.80. The van der Waals surface area contributed by atoms with E-state index in [0.29, 0.717) is 17.8 Å². The van der Waals surface area contributed by atoms with Gasteiger partial charge in [-0.1, -0.05) is 0 Å². The van der Waals surface area contributed by atoms with Gasteiger partial charge in [-0.15, -0.1) is 0 Å². The molecule has 0 spiro atoms. The average Bonchev–Trinajstić information content (AvgIpc) is 2.37. The Morgan fingerprint density at radius 3 is 2.64 bits per heavy atom. The van der Waals surface area contributed by atoms with Gasteiger partial charge in [0, 0.05) is 6.42 Å². The van der Waals surface area contributed by atoms with Gasteiger partial charge in [0.15, 0.2) is 12.0 Å². The van der Waals surface area contributed by atoms with Crippen LogP contribution in [0, 0.1) is 0 Å². The quantitative estimate of drug-likeness (QED) is 0.649. The van der Waals surface area contributed by atoms with E-state index < -0.39 is 5.83 Å². The van der Waals surface area contributed by atoms with Crippen molar-refractivity contribution in [1.82, 2.24) is 0 Å². The minimum absolute atomic E-state index is 0.0334. The van der Waals surface area contributed by atoms with Crippen LogP contribution in [-0.2, 0) is 14.3 Å². The Morgan fingerprint density at radius 1 is 1.43 bits per heavy atom. The topological polar surface area (TPSA) is 35.5 Å². The molecule has 0 atom stereocenters. The lowest BCUT2D eigenvalue weighted by molar-refractivity contribution is -0.104. The zero-order valence-electron chi connectivity index (χ0n) is 8.04. The van der Waals surface area contributed by atoms with Crippen LogP contribution in [0.5, 0.6) is 0 Å². The summed E-state index contributed by atoms with van der Waals surface area (Å²) in [7, 11) is 2.91. The first-order valence-corrected chi connectivity index (χ1v) is 4.07.